The highest BCUT2D eigenvalue weighted by Gasteiger charge is 2.49. The average molecular weight is 583 g/mol. The maximum Gasteiger partial charge on any atom is 0.337 e. The second-order valence-electron chi connectivity index (χ2n) is 11.2. The van der Waals surface area contributed by atoms with Gasteiger partial charge in [-0.1, -0.05) is 12.1 Å². The van der Waals surface area contributed by atoms with Crippen LogP contribution in [0.15, 0.2) is 54.6 Å². The summed E-state index contributed by atoms with van der Waals surface area (Å²) in [5.41, 5.74) is 2.93. The lowest BCUT2D eigenvalue weighted by atomic mass is 10.1. The Morgan fingerprint density at radius 1 is 1.14 bits per heavy atom. The Morgan fingerprint density at radius 3 is 2.79 bits per heavy atom. The van der Waals surface area contributed by atoms with Crippen LogP contribution in [0.4, 0.5) is 10.2 Å². The molecule has 220 valence electrons. The van der Waals surface area contributed by atoms with Gasteiger partial charge in [0.1, 0.15) is 24.1 Å². The number of esters is 1. The molecule has 7 rings (SSSR count). The summed E-state index contributed by atoms with van der Waals surface area (Å²) in [6, 6.07) is 18.2. The number of hydrogen-bond acceptors (Lipinski definition) is 9. The molecule has 0 spiro atoms. The van der Waals surface area contributed by atoms with Gasteiger partial charge in [0.25, 0.3) is 0 Å². The lowest BCUT2D eigenvalue weighted by Crippen LogP contribution is -2.46. The van der Waals surface area contributed by atoms with Crippen molar-refractivity contribution < 1.29 is 23.4 Å². The van der Waals surface area contributed by atoms with Gasteiger partial charge in [-0.05, 0) is 49.2 Å². The number of methoxy groups -OCH3 is 1. The smallest absolute Gasteiger partial charge is 0.337 e. The minimum absolute atomic E-state index is 0.0296. The van der Waals surface area contributed by atoms with Gasteiger partial charge >= 0.3 is 5.97 Å². The Hall–Kier alpha value is -4.53. The fourth-order valence-electron chi connectivity index (χ4n) is 6.03. The van der Waals surface area contributed by atoms with Gasteiger partial charge in [-0.25, -0.2) is 14.2 Å². The number of imidazole rings is 1. The van der Waals surface area contributed by atoms with Crippen LogP contribution in [0.1, 0.15) is 40.2 Å². The predicted octanol–water partition coefficient (Wildman–Crippen LogP) is 4.06. The minimum Gasteiger partial charge on any atom is -0.473 e. The quantitative estimate of drug-likeness (QED) is 0.270. The van der Waals surface area contributed by atoms with Crippen molar-refractivity contribution in [1.29, 1.82) is 5.26 Å². The molecule has 0 amide bonds. The van der Waals surface area contributed by atoms with Crippen LogP contribution in [0.3, 0.4) is 0 Å². The first-order valence-corrected chi connectivity index (χ1v) is 14.5. The van der Waals surface area contributed by atoms with Gasteiger partial charge in [-0.15, -0.1) is 0 Å². The van der Waals surface area contributed by atoms with Crippen molar-refractivity contribution in [2.45, 2.75) is 50.7 Å². The molecule has 0 unspecified atom stereocenters. The van der Waals surface area contributed by atoms with Crippen LogP contribution in [0, 0.1) is 17.1 Å². The predicted molar refractivity (Wildman–Crippen MR) is 155 cm³/mol. The van der Waals surface area contributed by atoms with Crippen LogP contribution in [0.5, 0.6) is 5.88 Å². The van der Waals surface area contributed by atoms with Crippen molar-refractivity contribution in [2.24, 2.45) is 0 Å². The monoisotopic (exact) mass is 582 g/mol. The number of fused-ring (bicyclic) bond motifs is 2. The topological polar surface area (TPSA) is 106 Å². The van der Waals surface area contributed by atoms with Crippen LogP contribution < -0.4 is 9.64 Å². The molecule has 3 aliphatic rings. The number of halogens is 1. The lowest BCUT2D eigenvalue weighted by molar-refractivity contribution is -0.0592. The maximum absolute atomic E-state index is 14.3. The number of piperazine rings is 1. The van der Waals surface area contributed by atoms with Gasteiger partial charge in [0.05, 0.1) is 54.5 Å². The van der Waals surface area contributed by atoms with Crippen LogP contribution >= 0.6 is 0 Å². The van der Waals surface area contributed by atoms with E-state index in [-0.39, 0.29) is 24.2 Å². The maximum atomic E-state index is 14.3. The summed E-state index contributed by atoms with van der Waals surface area (Å²) in [6.45, 7) is 3.87. The number of nitrogens with zero attached hydrogens (tertiary/aromatic N) is 6. The minimum atomic E-state index is -0.468. The molecule has 4 heterocycles. The number of ether oxygens (including phenoxy) is 3. The molecule has 4 aromatic rings. The van der Waals surface area contributed by atoms with Crippen LogP contribution in [0.2, 0.25) is 0 Å². The number of nitriles is 1. The highest BCUT2D eigenvalue weighted by molar-refractivity contribution is 5.93. The molecule has 3 fully saturated rings. The Labute approximate surface area is 248 Å². The van der Waals surface area contributed by atoms with E-state index in [4.69, 9.17) is 29.4 Å². The first-order chi connectivity index (χ1) is 21.0. The third-order valence-electron chi connectivity index (χ3n) is 8.55. The van der Waals surface area contributed by atoms with E-state index in [0.717, 1.165) is 55.2 Å². The molecule has 2 aromatic carbocycles. The second kappa shape index (κ2) is 11.3. The van der Waals surface area contributed by atoms with E-state index < -0.39 is 5.82 Å². The Kier molecular flexibility index (Phi) is 7.16. The van der Waals surface area contributed by atoms with Gasteiger partial charge in [0, 0.05) is 43.4 Å². The zero-order valence-corrected chi connectivity index (χ0v) is 23.8. The van der Waals surface area contributed by atoms with Crippen molar-refractivity contribution in [2.75, 3.05) is 31.7 Å². The number of pyridine rings is 1. The van der Waals surface area contributed by atoms with Crippen LogP contribution in [0.25, 0.3) is 11.0 Å². The Bertz CT molecular complexity index is 1730. The number of rotatable bonds is 9. The zero-order chi connectivity index (χ0) is 29.5. The molecule has 43 heavy (non-hydrogen) atoms. The fourth-order valence-corrected chi connectivity index (χ4v) is 6.03. The van der Waals surface area contributed by atoms with E-state index in [1.54, 1.807) is 24.3 Å². The molecule has 0 bridgehead atoms. The lowest BCUT2D eigenvalue weighted by Gasteiger charge is -2.35. The van der Waals surface area contributed by atoms with E-state index in [1.165, 1.54) is 13.2 Å². The average Bonchev–Trinajstić information content (AvgIpc) is 3.74. The third kappa shape index (κ3) is 5.40. The molecule has 1 aliphatic carbocycles. The van der Waals surface area contributed by atoms with Crippen LogP contribution in [-0.4, -0.2) is 70.4 Å². The summed E-state index contributed by atoms with van der Waals surface area (Å²) >= 11 is 0. The molecule has 1 saturated carbocycles. The molecule has 0 radical (unpaired) electrons. The molecule has 11 heteroatoms. The Balaban J connectivity index is 1.04. The summed E-state index contributed by atoms with van der Waals surface area (Å²) in [6.07, 6.45) is 2.19. The van der Waals surface area contributed by atoms with E-state index in [9.17, 15) is 9.18 Å². The first kappa shape index (κ1) is 27.3. The summed E-state index contributed by atoms with van der Waals surface area (Å²) in [7, 11) is 1.39. The van der Waals surface area contributed by atoms with Crippen molar-refractivity contribution in [1.82, 2.24) is 19.4 Å². The standard InChI is InChI=1S/C32H31FN6O4/c1-41-32(40)21-7-8-25-26(14-21)39(17-23-9-12-42-23)30(35-25)18-37-10-11-38(28-15-27(28)37)29-3-2-4-31(36-29)43-19-22-6-5-20(16-34)13-24(22)33/h2-8,13-14,23,27-28H,9-12,15,17-19H2,1H3/t23-,27+,28-/m0/s1. The molecule has 2 saturated heterocycles. The molecule has 2 aromatic heterocycles. The molecule has 3 atom stereocenters. The van der Waals surface area contributed by atoms with E-state index in [2.05, 4.69) is 14.4 Å². The SMILES string of the molecule is COC(=O)c1ccc2nc(CN3CCN(c4cccc(OCc5ccc(C#N)cc5F)n4)[C@H]4C[C@H]43)n(C[C@@H]3CCO3)c2c1. The summed E-state index contributed by atoms with van der Waals surface area (Å²) in [5.74, 6) is 1.41. The largest absolute Gasteiger partial charge is 0.473 e. The van der Waals surface area contributed by atoms with Crippen molar-refractivity contribution in [3.8, 4) is 11.9 Å². The number of benzene rings is 2. The number of carbonyl (C=O) groups is 1. The van der Waals surface area contributed by atoms with Crippen molar-refractivity contribution >= 4 is 22.8 Å². The molecular formula is C32H31FN6O4. The van der Waals surface area contributed by atoms with E-state index in [0.29, 0.717) is 42.2 Å². The number of hydrogen-bond donors (Lipinski definition) is 0. The van der Waals surface area contributed by atoms with Crippen LogP contribution in [-0.2, 0) is 29.2 Å². The molecule has 0 N–H and O–H groups in total. The summed E-state index contributed by atoms with van der Waals surface area (Å²) in [4.78, 5) is 26.7. The highest BCUT2D eigenvalue weighted by Crippen LogP contribution is 2.40. The van der Waals surface area contributed by atoms with Crippen molar-refractivity contribution in [3.05, 3.63) is 82.9 Å². The second-order valence-corrected chi connectivity index (χ2v) is 11.2. The van der Waals surface area contributed by atoms with Gasteiger partial charge < -0.3 is 23.7 Å². The highest BCUT2D eigenvalue weighted by atomic mass is 19.1. The van der Waals surface area contributed by atoms with Crippen molar-refractivity contribution in [3.63, 3.8) is 0 Å². The fraction of sp³-hybridized carbons (Fsp3) is 0.375. The summed E-state index contributed by atoms with van der Waals surface area (Å²) in [5, 5.41) is 8.96. The van der Waals surface area contributed by atoms with Gasteiger partial charge in [0.15, 0.2) is 0 Å². The van der Waals surface area contributed by atoms with E-state index >= 15 is 0 Å². The third-order valence-corrected chi connectivity index (χ3v) is 8.55. The molecule has 2 aliphatic heterocycles. The molecular weight excluding hydrogens is 551 g/mol. The van der Waals surface area contributed by atoms with Gasteiger partial charge in [0.2, 0.25) is 5.88 Å². The number of anilines is 1. The Morgan fingerprint density at radius 2 is 2.02 bits per heavy atom. The summed E-state index contributed by atoms with van der Waals surface area (Å²) < 4.78 is 33.0. The van der Waals surface area contributed by atoms with E-state index in [1.807, 2.05) is 30.3 Å². The first-order valence-electron chi connectivity index (χ1n) is 14.5. The molecule has 10 nitrogen and oxygen atoms in total. The number of carbonyl (C=O) groups excluding carboxylic acids is 1. The normalized spacial score (nSPS) is 21.1. The number of aromatic nitrogens is 3. The zero-order valence-electron chi connectivity index (χ0n) is 23.8. The van der Waals surface area contributed by atoms with Gasteiger partial charge in [-0.2, -0.15) is 10.2 Å². The van der Waals surface area contributed by atoms with Gasteiger partial charge in [-0.3, -0.25) is 4.90 Å².